The van der Waals surface area contributed by atoms with Gasteiger partial charge in [0, 0.05) is 13.1 Å². The molecule has 158 valence electrons. The van der Waals surface area contributed by atoms with Gasteiger partial charge < -0.3 is 19.5 Å². The van der Waals surface area contributed by atoms with E-state index in [1.807, 2.05) is 0 Å². The maximum absolute atomic E-state index is 14.6. The summed E-state index contributed by atoms with van der Waals surface area (Å²) < 4.78 is 19.9. The van der Waals surface area contributed by atoms with Crippen molar-refractivity contribution in [3.05, 3.63) is 26.0 Å². The highest BCUT2D eigenvalue weighted by Gasteiger charge is 2.30. The molecule has 2 aromatic heterocycles. The lowest BCUT2D eigenvalue weighted by Crippen LogP contribution is -2.40. The Kier molecular flexibility index (Phi) is 6.35. The summed E-state index contributed by atoms with van der Waals surface area (Å²) in [7, 11) is 0. The summed E-state index contributed by atoms with van der Waals surface area (Å²) in [5.74, 6) is 0.328. The van der Waals surface area contributed by atoms with Gasteiger partial charge in [0.1, 0.15) is 21.7 Å². The Labute approximate surface area is 180 Å². The summed E-state index contributed by atoms with van der Waals surface area (Å²) in [5.41, 5.74) is 0.267. The molecule has 12 heteroatoms. The van der Waals surface area contributed by atoms with E-state index >= 15 is 0 Å². The van der Waals surface area contributed by atoms with E-state index in [9.17, 15) is 14.0 Å². The van der Waals surface area contributed by atoms with Crippen molar-refractivity contribution in [3.8, 4) is 10.7 Å². The Morgan fingerprint density at radius 1 is 1.34 bits per heavy atom. The van der Waals surface area contributed by atoms with E-state index in [-0.39, 0.29) is 48.0 Å². The molecule has 1 atom stereocenters. The predicted octanol–water partition coefficient (Wildman–Crippen LogP) is 3.60. The average molecular weight is 464 g/mol. The quantitative estimate of drug-likeness (QED) is 0.731. The number of alkyl halides is 1. The summed E-state index contributed by atoms with van der Waals surface area (Å²) in [6, 6.07) is 0. The van der Waals surface area contributed by atoms with Crippen LogP contribution < -0.4 is 10.5 Å². The van der Waals surface area contributed by atoms with Crippen LogP contribution in [0.25, 0.3) is 10.7 Å². The lowest BCUT2D eigenvalue weighted by Gasteiger charge is -2.26. The molecule has 0 spiro atoms. The molecule has 0 aromatic carbocycles. The molecular formula is C17H20Cl2FN5O3S. The highest BCUT2D eigenvalue weighted by molar-refractivity contribution is 7.13. The minimum atomic E-state index is -1.38. The number of H-pyrrole nitrogens is 1. The fraction of sp³-hybridized carbons (Fsp3) is 0.529. The van der Waals surface area contributed by atoms with Crippen LogP contribution >= 0.6 is 34.5 Å². The molecule has 29 heavy (non-hydrogen) atoms. The van der Waals surface area contributed by atoms with Crippen molar-refractivity contribution >= 4 is 46.4 Å². The second-order valence-corrected chi connectivity index (χ2v) is 9.08. The van der Waals surface area contributed by atoms with Crippen LogP contribution in [0.15, 0.2) is 10.3 Å². The molecule has 3 heterocycles. The first kappa shape index (κ1) is 21.8. The number of ether oxygens (including phenoxy) is 1. The van der Waals surface area contributed by atoms with Gasteiger partial charge in [0.15, 0.2) is 16.8 Å². The maximum Gasteiger partial charge on any atom is 0.410 e. The van der Waals surface area contributed by atoms with Crippen LogP contribution in [0.3, 0.4) is 0 Å². The molecule has 1 aliphatic rings. The van der Waals surface area contributed by atoms with E-state index in [2.05, 4.69) is 15.0 Å². The van der Waals surface area contributed by atoms with Crippen molar-refractivity contribution in [2.75, 3.05) is 31.1 Å². The van der Waals surface area contributed by atoms with Crippen LogP contribution in [0.1, 0.15) is 20.8 Å². The fourth-order valence-corrected chi connectivity index (χ4v) is 3.96. The van der Waals surface area contributed by atoms with Gasteiger partial charge in [0.2, 0.25) is 0 Å². The molecule has 1 aliphatic heterocycles. The van der Waals surface area contributed by atoms with Crippen molar-refractivity contribution in [1.82, 2.24) is 19.9 Å². The van der Waals surface area contributed by atoms with E-state index in [4.69, 9.17) is 27.9 Å². The van der Waals surface area contributed by atoms with Gasteiger partial charge in [-0.2, -0.15) is 0 Å². The van der Waals surface area contributed by atoms with Gasteiger partial charge in [0.05, 0.1) is 18.6 Å². The van der Waals surface area contributed by atoms with Gasteiger partial charge in [0.25, 0.3) is 5.56 Å². The van der Waals surface area contributed by atoms with Crippen LogP contribution in [0.2, 0.25) is 10.2 Å². The summed E-state index contributed by atoms with van der Waals surface area (Å²) in [4.78, 5) is 38.8. The van der Waals surface area contributed by atoms with Crippen LogP contribution in [0, 0.1) is 0 Å². The van der Waals surface area contributed by atoms with E-state index < -0.39 is 23.4 Å². The van der Waals surface area contributed by atoms with Crippen LogP contribution in [0.5, 0.6) is 0 Å². The molecule has 1 amide bonds. The number of nitrogens with one attached hydrogen (secondary N) is 1. The number of amides is 1. The average Bonchev–Trinajstić information content (AvgIpc) is 2.93. The van der Waals surface area contributed by atoms with Crippen LogP contribution in [-0.4, -0.2) is 63.9 Å². The number of nitrogens with zero attached hydrogens (tertiary/aromatic N) is 4. The first-order chi connectivity index (χ1) is 13.5. The molecule has 1 unspecified atom stereocenters. The number of hydrogen-bond donors (Lipinski definition) is 1. The molecular weight excluding hydrogens is 444 g/mol. The molecule has 3 rings (SSSR count). The van der Waals surface area contributed by atoms with Gasteiger partial charge >= 0.3 is 6.09 Å². The minimum Gasteiger partial charge on any atom is -0.444 e. The third-order valence-corrected chi connectivity index (χ3v) is 5.58. The highest BCUT2D eigenvalue weighted by Crippen LogP contribution is 2.31. The number of aromatic nitrogens is 3. The maximum atomic E-state index is 14.6. The molecule has 8 nitrogen and oxygen atoms in total. The topological polar surface area (TPSA) is 91.4 Å². The molecule has 0 bridgehead atoms. The summed E-state index contributed by atoms with van der Waals surface area (Å²) in [5, 5.41) is 0.0362. The minimum absolute atomic E-state index is 0.0780. The number of hydrogen-bond acceptors (Lipinski definition) is 7. The van der Waals surface area contributed by atoms with Crippen molar-refractivity contribution in [2.24, 2.45) is 0 Å². The molecule has 0 radical (unpaired) electrons. The van der Waals surface area contributed by atoms with Crippen molar-refractivity contribution < 1.29 is 13.9 Å². The number of halogens is 3. The van der Waals surface area contributed by atoms with Gasteiger partial charge in [-0.15, -0.1) is 11.3 Å². The lowest BCUT2D eigenvalue weighted by atomic mass is 10.2. The second-order valence-electron chi connectivity index (χ2n) is 7.49. The van der Waals surface area contributed by atoms with E-state index in [1.54, 1.807) is 25.7 Å². The number of carbonyl (C=O) groups excluding carboxylic acids is 1. The third kappa shape index (κ3) is 5.18. The lowest BCUT2D eigenvalue weighted by molar-refractivity contribution is 0.0229. The molecule has 0 aliphatic carbocycles. The fourth-order valence-electron chi connectivity index (χ4n) is 2.79. The Balaban J connectivity index is 1.87. The molecule has 1 N–H and O–H groups in total. The Bertz CT molecular complexity index is 961. The van der Waals surface area contributed by atoms with Crippen molar-refractivity contribution in [3.63, 3.8) is 0 Å². The SMILES string of the molecule is CC(C)(C)OC(=O)N1CCN(c2nc(-c3scnc3Cl)[nH]c(=O)c2Cl)CC(F)C1. The van der Waals surface area contributed by atoms with Crippen molar-refractivity contribution in [1.29, 1.82) is 0 Å². The van der Waals surface area contributed by atoms with E-state index in [1.165, 1.54) is 21.7 Å². The second kappa shape index (κ2) is 8.45. The number of aromatic amines is 1. The predicted molar refractivity (Wildman–Crippen MR) is 111 cm³/mol. The smallest absolute Gasteiger partial charge is 0.410 e. The van der Waals surface area contributed by atoms with Crippen LogP contribution in [0.4, 0.5) is 15.0 Å². The Hall–Kier alpha value is -1.91. The molecule has 2 aromatic rings. The number of anilines is 1. The number of rotatable bonds is 2. The zero-order valence-corrected chi connectivity index (χ0v) is 18.4. The molecule has 1 saturated heterocycles. The number of thiazole rings is 1. The van der Waals surface area contributed by atoms with Gasteiger partial charge in [-0.05, 0) is 20.8 Å². The van der Waals surface area contributed by atoms with Crippen LogP contribution in [-0.2, 0) is 4.74 Å². The van der Waals surface area contributed by atoms with E-state index in [0.29, 0.717) is 4.88 Å². The Morgan fingerprint density at radius 2 is 2.07 bits per heavy atom. The first-order valence-corrected chi connectivity index (χ1v) is 10.4. The Morgan fingerprint density at radius 3 is 2.69 bits per heavy atom. The monoisotopic (exact) mass is 463 g/mol. The summed E-state index contributed by atoms with van der Waals surface area (Å²) in [6.45, 7) is 5.45. The molecule has 1 fully saturated rings. The van der Waals surface area contributed by atoms with E-state index in [0.717, 1.165) is 0 Å². The summed E-state index contributed by atoms with van der Waals surface area (Å²) in [6.07, 6.45) is -1.97. The van der Waals surface area contributed by atoms with Gasteiger partial charge in [-0.25, -0.2) is 19.2 Å². The summed E-state index contributed by atoms with van der Waals surface area (Å²) >= 11 is 13.4. The zero-order chi connectivity index (χ0) is 21.3. The zero-order valence-electron chi connectivity index (χ0n) is 16.0. The normalized spacial score (nSPS) is 17.9. The van der Waals surface area contributed by atoms with Gasteiger partial charge in [-0.3, -0.25) is 4.79 Å². The standard InChI is InChI=1S/C17H20Cl2FN5O3S/c1-17(2,3)28-16(27)25-5-4-24(6-9(20)7-25)14-10(18)15(26)23-13(22-14)11-12(19)21-8-29-11/h8-9H,4-7H2,1-3H3,(H,22,23,26). The third-order valence-electron chi connectivity index (χ3n) is 4.01. The number of carbonyl (C=O) groups is 1. The largest absolute Gasteiger partial charge is 0.444 e. The van der Waals surface area contributed by atoms with Gasteiger partial charge in [-0.1, -0.05) is 23.2 Å². The molecule has 0 saturated carbocycles. The van der Waals surface area contributed by atoms with Crippen molar-refractivity contribution in [2.45, 2.75) is 32.5 Å². The highest BCUT2D eigenvalue weighted by atomic mass is 35.5. The first-order valence-electron chi connectivity index (χ1n) is 8.81.